The lowest BCUT2D eigenvalue weighted by atomic mass is 10.2. The Bertz CT molecular complexity index is 286. The number of ether oxygens (including phenoxy) is 1. The van der Waals surface area contributed by atoms with Crippen molar-refractivity contribution in [2.24, 2.45) is 0 Å². The van der Waals surface area contributed by atoms with Crippen LogP contribution in [0, 0.1) is 5.82 Å². The van der Waals surface area contributed by atoms with Crippen LogP contribution in [0.25, 0.3) is 0 Å². The van der Waals surface area contributed by atoms with Gasteiger partial charge in [-0.1, -0.05) is 6.92 Å². The summed E-state index contributed by atoms with van der Waals surface area (Å²) in [4.78, 5) is 0. The number of hydrogen-bond donors (Lipinski definition) is 1. The number of hydrogen-bond acceptors (Lipinski definition) is 2. The van der Waals surface area contributed by atoms with Crippen molar-refractivity contribution < 1.29 is 9.13 Å². The molecule has 0 heterocycles. The molecule has 1 unspecified atom stereocenters. The summed E-state index contributed by atoms with van der Waals surface area (Å²) in [6.45, 7) is 6.16. The highest BCUT2D eigenvalue weighted by Crippen LogP contribution is 2.14. The first-order valence-corrected chi connectivity index (χ1v) is 5.85. The fraction of sp³-hybridized carbons (Fsp3) is 0.538. The third-order valence-corrected chi connectivity index (χ3v) is 2.37. The molecule has 0 aliphatic carbocycles. The molecular formula is C13H20FNO. The summed E-state index contributed by atoms with van der Waals surface area (Å²) in [6.07, 6.45) is 2.27. The normalized spacial score (nSPS) is 12.4. The van der Waals surface area contributed by atoms with Gasteiger partial charge in [-0.25, -0.2) is 4.39 Å². The van der Waals surface area contributed by atoms with E-state index in [-0.39, 0.29) is 11.9 Å². The summed E-state index contributed by atoms with van der Waals surface area (Å²) in [5.41, 5.74) is 0. The van der Waals surface area contributed by atoms with Crippen LogP contribution >= 0.6 is 0 Å². The fourth-order valence-electron chi connectivity index (χ4n) is 1.50. The molecule has 2 nitrogen and oxygen atoms in total. The molecule has 1 aromatic carbocycles. The molecule has 0 amide bonds. The number of benzene rings is 1. The SMILES string of the molecule is CCNCCCC(C)Oc1ccc(F)cc1. The van der Waals surface area contributed by atoms with Crippen molar-refractivity contribution in [3.63, 3.8) is 0 Å². The van der Waals surface area contributed by atoms with Crippen LogP contribution in [0.2, 0.25) is 0 Å². The van der Waals surface area contributed by atoms with Crippen molar-refractivity contribution in [2.75, 3.05) is 13.1 Å². The molecule has 1 N–H and O–H groups in total. The topological polar surface area (TPSA) is 21.3 Å². The second-order valence-electron chi connectivity index (χ2n) is 3.88. The molecule has 0 radical (unpaired) electrons. The Morgan fingerprint density at radius 2 is 2.00 bits per heavy atom. The van der Waals surface area contributed by atoms with Gasteiger partial charge in [0.2, 0.25) is 0 Å². The van der Waals surface area contributed by atoms with E-state index in [1.807, 2.05) is 6.92 Å². The number of nitrogens with one attached hydrogen (secondary N) is 1. The monoisotopic (exact) mass is 225 g/mol. The quantitative estimate of drug-likeness (QED) is 0.720. The lowest BCUT2D eigenvalue weighted by Crippen LogP contribution is -2.18. The van der Waals surface area contributed by atoms with Gasteiger partial charge < -0.3 is 10.1 Å². The van der Waals surface area contributed by atoms with Gasteiger partial charge in [-0.3, -0.25) is 0 Å². The first kappa shape index (κ1) is 13.0. The van der Waals surface area contributed by atoms with Gasteiger partial charge in [0.15, 0.2) is 0 Å². The molecule has 0 saturated heterocycles. The maximum Gasteiger partial charge on any atom is 0.123 e. The molecule has 3 heteroatoms. The molecule has 90 valence electrons. The second kappa shape index (κ2) is 7.23. The van der Waals surface area contributed by atoms with Crippen LogP contribution in [0.15, 0.2) is 24.3 Å². The summed E-state index contributed by atoms with van der Waals surface area (Å²) < 4.78 is 18.3. The lowest BCUT2D eigenvalue weighted by Gasteiger charge is -2.14. The van der Waals surface area contributed by atoms with Crippen molar-refractivity contribution in [2.45, 2.75) is 32.8 Å². The molecule has 0 bridgehead atoms. The van der Waals surface area contributed by atoms with Gasteiger partial charge in [0.1, 0.15) is 11.6 Å². The Balaban J connectivity index is 2.23. The Morgan fingerprint density at radius 1 is 1.31 bits per heavy atom. The molecule has 16 heavy (non-hydrogen) atoms. The molecular weight excluding hydrogens is 205 g/mol. The van der Waals surface area contributed by atoms with E-state index in [9.17, 15) is 4.39 Å². The van der Waals surface area contributed by atoms with E-state index in [0.29, 0.717) is 0 Å². The van der Waals surface area contributed by atoms with E-state index in [1.54, 1.807) is 12.1 Å². The standard InChI is InChI=1S/C13H20FNO/c1-3-15-10-4-5-11(2)16-13-8-6-12(14)7-9-13/h6-9,11,15H,3-5,10H2,1-2H3. The van der Waals surface area contributed by atoms with E-state index >= 15 is 0 Å². The molecule has 1 rings (SSSR count). The predicted octanol–water partition coefficient (Wildman–Crippen LogP) is 2.98. The number of rotatable bonds is 7. The third kappa shape index (κ3) is 5.12. The summed E-state index contributed by atoms with van der Waals surface area (Å²) >= 11 is 0. The highest BCUT2D eigenvalue weighted by atomic mass is 19.1. The fourth-order valence-corrected chi connectivity index (χ4v) is 1.50. The predicted molar refractivity (Wildman–Crippen MR) is 64.3 cm³/mol. The van der Waals surface area contributed by atoms with Crippen LogP contribution in [0.5, 0.6) is 5.75 Å². The van der Waals surface area contributed by atoms with Crippen LogP contribution in [-0.4, -0.2) is 19.2 Å². The molecule has 1 atom stereocenters. The lowest BCUT2D eigenvalue weighted by molar-refractivity contribution is 0.207. The van der Waals surface area contributed by atoms with Gasteiger partial charge in [0.25, 0.3) is 0 Å². The van der Waals surface area contributed by atoms with E-state index in [4.69, 9.17) is 4.74 Å². The first-order valence-electron chi connectivity index (χ1n) is 5.85. The highest BCUT2D eigenvalue weighted by molar-refractivity contribution is 5.22. The van der Waals surface area contributed by atoms with Gasteiger partial charge in [-0.2, -0.15) is 0 Å². The van der Waals surface area contributed by atoms with E-state index in [1.165, 1.54) is 12.1 Å². The van der Waals surface area contributed by atoms with Gasteiger partial charge >= 0.3 is 0 Å². The molecule has 0 aromatic heterocycles. The van der Waals surface area contributed by atoms with Gasteiger partial charge in [-0.15, -0.1) is 0 Å². The minimum absolute atomic E-state index is 0.170. The van der Waals surface area contributed by atoms with Crippen molar-refractivity contribution >= 4 is 0 Å². The Labute approximate surface area is 96.8 Å². The zero-order valence-corrected chi connectivity index (χ0v) is 10.0. The zero-order chi connectivity index (χ0) is 11.8. The molecule has 1 aromatic rings. The zero-order valence-electron chi connectivity index (χ0n) is 10.0. The molecule has 0 aliphatic heterocycles. The molecule has 0 aliphatic rings. The third-order valence-electron chi connectivity index (χ3n) is 2.37. The van der Waals surface area contributed by atoms with Crippen LogP contribution in [0.4, 0.5) is 4.39 Å². The smallest absolute Gasteiger partial charge is 0.123 e. The molecule has 0 spiro atoms. The van der Waals surface area contributed by atoms with Gasteiger partial charge in [0, 0.05) is 0 Å². The van der Waals surface area contributed by atoms with Crippen molar-refractivity contribution in [3.05, 3.63) is 30.1 Å². The molecule has 0 fully saturated rings. The minimum atomic E-state index is -0.229. The maximum atomic E-state index is 12.6. The highest BCUT2D eigenvalue weighted by Gasteiger charge is 2.03. The van der Waals surface area contributed by atoms with Gasteiger partial charge in [0.05, 0.1) is 6.10 Å². The van der Waals surface area contributed by atoms with Gasteiger partial charge in [-0.05, 0) is 57.1 Å². The summed E-state index contributed by atoms with van der Waals surface area (Å²) in [5, 5.41) is 3.27. The summed E-state index contributed by atoms with van der Waals surface area (Å²) in [7, 11) is 0. The van der Waals surface area contributed by atoms with Crippen molar-refractivity contribution in [3.8, 4) is 5.75 Å². The molecule has 0 saturated carbocycles. The average molecular weight is 225 g/mol. The second-order valence-corrected chi connectivity index (χ2v) is 3.88. The van der Waals surface area contributed by atoms with Crippen LogP contribution in [0.1, 0.15) is 26.7 Å². The van der Waals surface area contributed by atoms with E-state index in [2.05, 4.69) is 12.2 Å². The summed E-state index contributed by atoms with van der Waals surface area (Å²) in [5.74, 6) is 0.504. The van der Waals surface area contributed by atoms with Crippen molar-refractivity contribution in [1.29, 1.82) is 0 Å². The van der Waals surface area contributed by atoms with Crippen LogP contribution in [-0.2, 0) is 0 Å². The van der Waals surface area contributed by atoms with Crippen molar-refractivity contribution in [1.82, 2.24) is 5.32 Å². The Hall–Kier alpha value is -1.09. The van der Waals surface area contributed by atoms with E-state index in [0.717, 1.165) is 31.7 Å². The summed E-state index contributed by atoms with van der Waals surface area (Å²) in [6, 6.07) is 6.16. The largest absolute Gasteiger partial charge is 0.491 e. The Kier molecular flexibility index (Phi) is 5.86. The average Bonchev–Trinajstić information content (AvgIpc) is 2.28. The van der Waals surface area contributed by atoms with E-state index < -0.39 is 0 Å². The first-order chi connectivity index (χ1) is 7.72. The van der Waals surface area contributed by atoms with Crippen LogP contribution in [0.3, 0.4) is 0 Å². The Morgan fingerprint density at radius 3 is 2.62 bits per heavy atom. The van der Waals surface area contributed by atoms with Crippen LogP contribution < -0.4 is 10.1 Å². The minimum Gasteiger partial charge on any atom is -0.491 e. The maximum absolute atomic E-state index is 12.6. The number of halogens is 1.